The number of amides is 2. The molecule has 0 aliphatic carbocycles. The normalized spacial score (nSPS) is 19.6. The maximum absolute atomic E-state index is 12.8. The van der Waals surface area contributed by atoms with Crippen molar-refractivity contribution in [3.8, 4) is 0 Å². The molecule has 1 unspecified atom stereocenters. The Morgan fingerprint density at radius 3 is 2.93 bits per heavy atom. The van der Waals surface area contributed by atoms with Crippen molar-refractivity contribution in [2.24, 2.45) is 10.7 Å². The molecule has 0 fully saturated rings. The summed E-state index contributed by atoms with van der Waals surface area (Å²) in [6.07, 6.45) is 1.83. The summed E-state index contributed by atoms with van der Waals surface area (Å²) in [5.74, 6) is -0.197. The van der Waals surface area contributed by atoms with Crippen LogP contribution in [0.15, 0.2) is 53.0 Å². The fraction of sp³-hybridized carbons (Fsp3) is 0.200. The number of benzene rings is 1. The van der Waals surface area contributed by atoms with Crippen LogP contribution < -0.4 is 11.1 Å². The Bertz CT molecular complexity index is 1120. The van der Waals surface area contributed by atoms with Gasteiger partial charge in [-0.2, -0.15) is 0 Å². The number of guanidine groups is 1. The van der Waals surface area contributed by atoms with E-state index in [0.29, 0.717) is 11.4 Å². The molecule has 28 heavy (non-hydrogen) atoms. The standard InChI is InChI=1S/C20H19N5O2S/c1-20(11-15(26)25(2)19(21)24-20)13-4-3-5-14(10-13)23-18(27)16-17-12(6-8-22-16)7-9-28-17/h3-10H,11H2,1-2H3,(H2,21,24)(H,23,27). The van der Waals surface area contributed by atoms with Crippen molar-refractivity contribution >= 4 is 44.9 Å². The molecule has 2 amide bonds. The molecule has 0 spiro atoms. The van der Waals surface area contributed by atoms with Gasteiger partial charge in [-0.3, -0.25) is 14.5 Å². The van der Waals surface area contributed by atoms with E-state index in [0.717, 1.165) is 15.6 Å². The van der Waals surface area contributed by atoms with Crippen LogP contribution in [-0.4, -0.2) is 34.7 Å². The first-order chi connectivity index (χ1) is 13.4. The van der Waals surface area contributed by atoms with Crippen molar-refractivity contribution in [1.29, 1.82) is 0 Å². The molecule has 8 heteroatoms. The van der Waals surface area contributed by atoms with Gasteiger partial charge < -0.3 is 11.1 Å². The van der Waals surface area contributed by atoms with Gasteiger partial charge >= 0.3 is 0 Å². The molecule has 0 saturated heterocycles. The quantitative estimate of drug-likeness (QED) is 0.714. The van der Waals surface area contributed by atoms with E-state index in [1.165, 1.54) is 16.2 Å². The third-order valence-electron chi connectivity index (χ3n) is 4.90. The average molecular weight is 393 g/mol. The number of nitrogens with one attached hydrogen (secondary N) is 1. The zero-order chi connectivity index (χ0) is 19.9. The van der Waals surface area contributed by atoms with E-state index in [4.69, 9.17) is 5.73 Å². The molecule has 0 bridgehead atoms. The van der Waals surface area contributed by atoms with Crippen molar-refractivity contribution in [2.45, 2.75) is 18.9 Å². The summed E-state index contributed by atoms with van der Waals surface area (Å²) in [6.45, 7) is 1.86. The second-order valence-corrected chi connectivity index (χ2v) is 7.82. The second-order valence-electron chi connectivity index (χ2n) is 6.91. The van der Waals surface area contributed by atoms with Crippen molar-refractivity contribution in [3.05, 3.63) is 59.2 Å². The number of rotatable bonds is 3. The highest BCUT2D eigenvalue weighted by molar-refractivity contribution is 7.17. The molecule has 3 N–H and O–H groups in total. The molecule has 3 aromatic rings. The van der Waals surface area contributed by atoms with E-state index in [2.05, 4.69) is 15.3 Å². The van der Waals surface area contributed by atoms with E-state index in [-0.39, 0.29) is 24.2 Å². The molecule has 1 aliphatic rings. The highest BCUT2D eigenvalue weighted by atomic mass is 32.1. The number of carbonyl (C=O) groups excluding carboxylic acids is 2. The highest BCUT2D eigenvalue weighted by Gasteiger charge is 2.36. The van der Waals surface area contributed by atoms with E-state index in [9.17, 15) is 9.59 Å². The van der Waals surface area contributed by atoms with Crippen molar-refractivity contribution < 1.29 is 9.59 Å². The van der Waals surface area contributed by atoms with Crippen LogP contribution in [-0.2, 0) is 10.3 Å². The molecule has 1 atom stereocenters. The maximum atomic E-state index is 12.8. The van der Waals surface area contributed by atoms with Crippen LogP contribution >= 0.6 is 11.3 Å². The van der Waals surface area contributed by atoms with Gasteiger partial charge in [0.1, 0.15) is 5.69 Å². The number of pyridine rings is 1. The monoisotopic (exact) mass is 393 g/mol. The summed E-state index contributed by atoms with van der Waals surface area (Å²) in [5.41, 5.74) is 6.92. The first-order valence-electron chi connectivity index (χ1n) is 8.73. The number of fused-ring (bicyclic) bond motifs is 1. The first kappa shape index (κ1) is 18.1. The van der Waals surface area contributed by atoms with Gasteiger partial charge in [-0.05, 0) is 47.5 Å². The third kappa shape index (κ3) is 3.11. The maximum Gasteiger partial charge on any atom is 0.275 e. The molecule has 3 heterocycles. The van der Waals surface area contributed by atoms with Crippen LogP contribution in [0, 0.1) is 0 Å². The van der Waals surface area contributed by atoms with Crippen LogP contribution in [0.5, 0.6) is 0 Å². The summed E-state index contributed by atoms with van der Waals surface area (Å²) in [4.78, 5) is 35.1. The number of nitrogens with two attached hydrogens (primary N) is 1. The Hall–Kier alpha value is -3.26. The zero-order valence-corrected chi connectivity index (χ0v) is 16.3. The minimum atomic E-state index is -0.777. The van der Waals surface area contributed by atoms with Crippen LogP contribution in [0.4, 0.5) is 5.69 Å². The Morgan fingerprint density at radius 2 is 2.14 bits per heavy atom. The van der Waals surface area contributed by atoms with E-state index >= 15 is 0 Å². The lowest BCUT2D eigenvalue weighted by Gasteiger charge is -2.33. The topological polar surface area (TPSA) is 101 Å². The van der Waals surface area contributed by atoms with E-state index < -0.39 is 5.54 Å². The number of aromatic nitrogens is 1. The van der Waals surface area contributed by atoms with Crippen LogP contribution in [0.1, 0.15) is 29.4 Å². The largest absolute Gasteiger partial charge is 0.369 e. The number of nitrogens with zero attached hydrogens (tertiary/aromatic N) is 3. The third-order valence-corrected chi connectivity index (χ3v) is 5.84. The highest BCUT2D eigenvalue weighted by Crippen LogP contribution is 2.34. The molecule has 1 aliphatic heterocycles. The summed E-state index contributed by atoms with van der Waals surface area (Å²) >= 11 is 1.48. The molecule has 0 radical (unpaired) electrons. The summed E-state index contributed by atoms with van der Waals surface area (Å²) < 4.78 is 0.849. The molecule has 0 saturated carbocycles. The zero-order valence-electron chi connectivity index (χ0n) is 15.5. The van der Waals surface area contributed by atoms with Gasteiger partial charge in [0.25, 0.3) is 5.91 Å². The van der Waals surface area contributed by atoms with Gasteiger partial charge in [-0.1, -0.05) is 12.1 Å². The Kier molecular flexibility index (Phi) is 4.35. The number of thiophene rings is 1. The Balaban J connectivity index is 1.64. The van der Waals surface area contributed by atoms with E-state index in [1.807, 2.05) is 42.6 Å². The lowest BCUT2D eigenvalue weighted by molar-refractivity contribution is -0.128. The number of carbonyl (C=O) groups is 2. The molecule has 4 rings (SSSR count). The van der Waals surface area contributed by atoms with Gasteiger partial charge in [-0.25, -0.2) is 9.98 Å². The fourth-order valence-electron chi connectivity index (χ4n) is 3.25. The minimum absolute atomic E-state index is 0.0991. The molecular formula is C20H19N5O2S. The fourth-order valence-corrected chi connectivity index (χ4v) is 4.13. The van der Waals surface area contributed by atoms with Gasteiger partial charge in [-0.15, -0.1) is 11.3 Å². The molecule has 1 aromatic carbocycles. The molecule has 2 aromatic heterocycles. The second kappa shape index (κ2) is 6.72. The Morgan fingerprint density at radius 1 is 1.32 bits per heavy atom. The SMILES string of the molecule is CN1C(=O)CC(C)(c2cccc(NC(=O)c3nccc4ccsc34)c2)N=C1N. The van der Waals surface area contributed by atoms with Crippen LogP contribution in [0.25, 0.3) is 10.1 Å². The van der Waals surface area contributed by atoms with E-state index in [1.54, 1.807) is 19.3 Å². The summed E-state index contributed by atoms with van der Waals surface area (Å²) in [7, 11) is 1.61. The van der Waals surface area contributed by atoms with Gasteiger partial charge in [0.05, 0.1) is 16.7 Å². The van der Waals surface area contributed by atoms with Crippen LogP contribution in [0.2, 0.25) is 0 Å². The number of hydrogen-bond donors (Lipinski definition) is 2. The first-order valence-corrected chi connectivity index (χ1v) is 9.61. The molecule has 142 valence electrons. The van der Waals surface area contributed by atoms with Gasteiger partial charge in [0, 0.05) is 18.9 Å². The number of aliphatic imine (C=N–C) groups is 1. The number of hydrogen-bond acceptors (Lipinski definition) is 6. The predicted octanol–water partition coefficient (Wildman–Crippen LogP) is 2.94. The summed E-state index contributed by atoms with van der Waals surface area (Å²) in [5, 5.41) is 5.82. The predicted molar refractivity (Wildman–Crippen MR) is 110 cm³/mol. The lowest BCUT2D eigenvalue weighted by atomic mass is 9.87. The smallest absolute Gasteiger partial charge is 0.275 e. The van der Waals surface area contributed by atoms with Crippen molar-refractivity contribution in [1.82, 2.24) is 9.88 Å². The van der Waals surface area contributed by atoms with Crippen molar-refractivity contribution in [2.75, 3.05) is 12.4 Å². The van der Waals surface area contributed by atoms with Gasteiger partial charge in [0.2, 0.25) is 5.91 Å². The average Bonchev–Trinajstić information content (AvgIpc) is 3.15. The molecular weight excluding hydrogens is 374 g/mol. The van der Waals surface area contributed by atoms with Crippen molar-refractivity contribution in [3.63, 3.8) is 0 Å². The Labute approximate surface area is 165 Å². The minimum Gasteiger partial charge on any atom is -0.369 e. The summed E-state index contributed by atoms with van der Waals surface area (Å²) in [6, 6.07) is 11.2. The van der Waals surface area contributed by atoms with Gasteiger partial charge in [0.15, 0.2) is 5.96 Å². The van der Waals surface area contributed by atoms with Crippen LogP contribution in [0.3, 0.4) is 0 Å². The molecule has 7 nitrogen and oxygen atoms in total. The lowest BCUT2D eigenvalue weighted by Crippen LogP contribution is -2.47. The number of anilines is 1.